The van der Waals surface area contributed by atoms with E-state index in [1.807, 2.05) is 0 Å². The van der Waals surface area contributed by atoms with Gasteiger partial charge in [0.25, 0.3) is 0 Å². The summed E-state index contributed by atoms with van der Waals surface area (Å²) in [5, 5.41) is 4.21. The highest BCUT2D eigenvalue weighted by Crippen LogP contribution is 2.37. The van der Waals surface area contributed by atoms with Gasteiger partial charge in [-0.15, -0.1) is 0 Å². The van der Waals surface area contributed by atoms with Gasteiger partial charge in [0.05, 0.1) is 56.8 Å². The van der Waals surface area contributed by atoms with Gasteiger partial charge >= 0.3 is 10.2 Å². The van der Waals surface area contributed by atoms with Crippen LogP contribution in [0.4, 0.5) is 15.9 Å². The fraction of sp³-hybridized carbons (Fsp3) is 0.296. The molecule has 0 radical (unpaired) electrons. The van der Waals surface area contributed by atoms with Crippen LogP contribution in [0.5, 0.6) is 11.5 Å². The van der Waals surface area contributed by atoms with Crippen molar-refractivity contribution in [2.24, 2.45) is 0 Å². The molecule has 0 spiro atoms. The van der Waals surface area contributed by atoms with E-state index in [2.05, 4.69) is 25.0 Å². The maximum absolute atomic E-state index is 15.9. The standard InChI is InChI=1S/C27H30FN9O6S2/c1-34(2)45(40,41)37-9-8-29-25(37)17-36(22-12-19(42-3)13-23(43-4)26(22)28)24-7-6-20-27(33-24)32-21(15-30-20)18-14-31-35(16-18)10-11-44(5,38)39/h6-9,12-16H,10-11,17H2,1-5H3. The van der Waals surface area contributed by atoms with Crippen LogP contribution in [-0.4, -0.2) is 95.2 Å². The molecule has 5 aromatic rings. The van der Waals surface area contributed by atoms with Crippen LogP contribution in [-0.2, 0) is 33.1 Å². The number of imidazole rings is 1. The van der Waals surface area contributed by atoms with Crippen LogP contribution in [0, 0.1) is 5.82 Å². The van der Waals surface area contributed by atoms with Crippen LogP contribution in [0.15, 0.2) is 55.2 Å². The van der Waals surface area contributed by atoms with E-state index in [9.17, 15) is 16.8 Å². The summed E-state index contributed by atoms with van der Waals surface area (Å²) in [5.74, 6) is -0.354. The second-order valence-electron chi connectivity index (χ2n) is 10.1. The number of aromatic nitrogens is 7. The molecular weight excluding hydrogens is 629 g/mol. The van der Waals surface area contributed by atoms with Gasteiger partial charge in [-0.05, 0) is 12.1 Å². The predicted molar refractivity (Wildman–Crippen MR) is 164 cm³/mol. The van der Waals surface area contributed by atoms with E-state index in [1.54, 1.807) is 18.3 Å². The molecule has 4 heterocycles. The molecule has 18 heteroatoms. The summed E-state index contributed by atoms with van der Waals surface area (Å²) in [6.45, 7) is -0.0574. The van der Waals surface area contributed by atoms with Crippen molar-refractivity contribution < 1.29 is 30.7 Å². The Morgan fingerprint density at radius 2 is 1.78 bits per heavy atom. The minimum atomic E-state index is -3.96. The number of sulfone groups is 1. The Balaban J connectivity index is 1.61. The number of aryl methyl sites for hydroxylation is 1. The smallest absolute Gasteiger partial charge is 0.308 e. The Morgan fingerprint density at radius 1 is 1.00 bits per heavy atom. The van der Waals surface area contributed by atoms with Gasteiger partial charge in [0, 0.05) is 56.6 Å². The number of pyridine rings is 1. The highest BCUT2D eigenvalue weighted by Gasteiger charge is 2.26. The summed E-state index contributed by atoms with van der Waals surface area (Å²) in [6, 6.07) is 6.06. The van der Waals surface area contributed by atoms with E-state index in [4.69, 9.17) is 9.47 Å². The maximum Gasteiger partial charge on any atom is 0.308 e. The minimum absolute atomic E-state index is 0.0221. The number of anilines is 2. The van der Waals surface area contributed by atoms with Crippen molar-refractivity contribution in [2.75, 3.05) is 45.2 Å². The summed E-state index contributed by atoms with van der Waals surface area (Å²) in [4.78, 5) is 19.4. The molecule has 4 aromatic heterocycles. The second-order valence-corrected chi connectivity index (χ2v) is 14.3. The van der Waals surface area contributed by atoms with Crippen LogP contribution >= 0.6 is 0 Å². The van der Waals surface area contributed by atoms with Crippen molar-refractivity contribution in [3.05, 3.63) is 66.9 Å². The highest BCUT2D eigenvalue weighted by atomic mass is 32.2. The average molecular weight is 660 g/mol. The molecule has 0 bridgehead atoms. The first kappa shape index (κ1) is 31.7. The second kappa shape index (κ2) is 12.4. The summed E-state index contributed by atoms with van der Waals surface area (Å²) in [6.07, 6.45) is 8.51. The number of hydrogen-bond donors (Lipinski definition) is 0. The molecule has 0 aliphatic carbocycles. The van der Waals surface area contributed by atoms with E-state index >= 15 is 4.39 Å². The van der Waals surface area contributed by atoms with Crippen LogP contribution in [0.1, 0.15) is 5.82 Å². The lowest BCUT2D eigenvalue weighted by Crippen LogP contribution is -2.31. The number of benzene rings is 1. The Kier molecular flexibility index (Phi) is 8.72. The third-order valence-corrected chi connectivity index (χ3v) is 9.39. The molecule has 15 nitrogen and oxygen atoms in total. The van der Waals surface area contributed by atoms with E-state index in [0.717, 1.165) is 14.5 Å². The zero-order valence-electron chi connectivity index (χ0n) is 25.0. The Labute approximate surface area is 259 Å². The van der Waals surface area contributed by atoms with Crippen molar-refractivity contribution in [3.63, 3.8) is 0 Å². The lowest BCUT2D eigenvalue weighted by Gasteiger charge is -2.26. The Morgan fingerprint density at radius 3 is 2.47 bits per heavy atom. The van der Waals surface area contributed by atoms with Crippen molar-refractivity contribution in [1.29, 1.82) is 0 Å². The number of fused-ring (bicyclic) bond motifs is 1. The summed E-state index contributed by atoms with van der Waals surface area (Å²) >= 11 is 0. The van der Waals surface area contributed by atoms with Crippen LogP contribution in [0.2, 0.25) is 0 Å². The molecule has 45 heavy (non-hydrogen) atoms. The van der Waals surface area contributed by atoms with Gasteiger partial charge in [0.1, 0.15) is 32.7 Å². The van der Waals surface area contributed by atoms with Gasteiger partial charge in [-0.25, -0.2) is 31.7 Å². The normalized spacial score (nSPS) is 12.2. The van der Waals surface area contributed by atoms with Gasteiger partial charge < -0.3 is 14.4 Å². The van der Waals surface area contributed by atoms with Crippen LogP contribution < -0.4 is 14.4 Å². The first-order valence-corrected chi connectivity index (χ1v) is 16.7. The molecule has 0 saturated carbocycles. The quantitative estimate of drug-likeness (QED) is 0.192. The molecule has 0 fully saturated rings. The zero-order valence-corrected chi connectivity index (χ0v) is 26.6. The minimum Gasteiger partial charge on any atom is -0.497 e. The van der Waals surface area contributed by atoms with Gasteiger partial charge in [-0.1, -0.05) is 0 Å². The third kappa shape index (κ3) is 6.71. The number of methoxy groups -OCH3 is 2. The monoisotopic (exact) mass is 659 g/mol. The maximum atomic E-state index is 15.9. The van der Waals surface area contributed by atoms with E-state index < -0.39 is 25.9 Å². The molecule has 0 aliphatic rings. The number of hydrogen-bond acceptors (Lipinski definition) is 12. The van der Waals surface area contributed by atoms with Crippen molar-refractivity contribution >= 4 is 42.7 Å². The third-order valence-electron chi connectivity index (χ3n) is 6.72. The number of nitrogens with zero attached hydrogens (tertiary/aromatic N) is 9. The summed E-state index contributed by atoms with van der Waals surface area (Å²) in [5.41, 5.74) is 1.63. The molecule has 5 rings (SSSR count). The molecule has 0 unspecified atom stereocenters. The van der Waals surface area contributed by atoms with Gasteiger partial charge in [0.2, 0.25) is 0 Å². The SMILES string of the molecule is COc1cc(OC)c(F)c(N(Cc2nccn2S(=O)(=O)N(C)C)c2ccc3ncc(-c4cnn(CCS(C)(=O)=O)c4)nc3n2)c1. The number of rotatable bonds is 12. The molecule has 238 valence electrons. The first-order valence-electron chi connectivity index (χ1n) is 13.3. The summed E-state index contributed by atoms with van der Waals surface area (Å²) in [7, 11) is -1.62. The van der Waals surface area contributed by atoms with E-state index in [0.29, 0.717) is 16.8 Å². The van der Waals surface area contributed by atoms with Crippen molar-refractivity contribution in [3.8, 4) is 22.8 Å². The van der Waals surface area contributed by atoms with Crippen LogP contribution in [0.3, 0.4) is 0 Å². The van der Waals surface area contributed by atoms with E-state index in [-0.39, 0.29) is 53.3 Å². The molecule has 0 aliphatic heterocycles. The number of ether oxygens (including phenoxy) is 2. The molecule has 0 N–H and O–H groups in total. The lowest BCUT2D eigenvalue weighted by molar-refractivity contribution is 0.374. The number of halogens is 1. The molecule has 1 aromatic carbocycles. The fourth-order valence-corrected chi connectivity index (χ4v) is 5.78. The Hall–Kier alpha value is -4.68. The lowest BCUT2D eigenvalue weighted by atomic mass is 10.2. The van der Waals surface area contributed by atoms with Crippen molar-refractivity contribution in [1.82, 2.24) is 38.0 Å². The Bertz CT molecular complexity index is 2080. The molecular formula is C27H30FN9O6S2. The zero-order chi connectivity index (χ0) is 32.5. The topological polar surface area (TPSA) is 168 Å². The first-order chi connectivity index (χ1) is 21.3. The van der Waals surface area contributed by atoms with E-state index in [1.165, 1.54) is 74.8 Å². The van der Waals surface area contributed by atoms with Crippen LogP contribution in [0.25, 0.3) is 22.4 Å². The largest absolute Gasteiger partial charge is 0.497 e. The highest BCUT2D eigenvalue weighted by molar-refractivity contribution is 7.90. The fourth-order valence-electron chi connectivity index (χ4n) is 4.33. The summed E-state index contributed by atoms with van der Waals surface area (Å²) < 4.78 is 79.2. The van der Waals surface area contributed by atoms with Gasteiger partial charge in [0.15, 0.2) is 17.2 Å². The average Bonchev–Trinajstić information content (AvgIpc) is 3.68. The van der Waals surface area contributed by atoms with Crippen molar-refractivity contribution in [2.45, 2.75) is 13.1 Å². The predicted octanol–water partition coefficient (Wildman–Crippen LogP) is 2.28. The van der Waals surface area contributed by atoms with Gasteiger partial charge in [-0.3, -0.25) is 9.67 Å². The molecule has 0 amide bonds. The van der Waals surface area contributed by atoms with Gasteiger partial charge in [-0.2, -0.15) is 17.8 Å². The molecule has 0 atom stereocenters. The molecule has 0 saturated heterocycles.